The molecule has 0 saturated carbocycles. The molecule has 0 radical (unpaired) electrons. The highest BCUT2D eigenvalue weighted by Crippen LogP contribution is 2.28. The van der Waals surface area contributed by atoms with Gasteiger partial charge in [-0.1, -0.05) is 42.8 Å². The van der Waals surface area contributed by atoms with Crippen molar-refractivity contribution < 1.29 is 4.79 Å². The van der Waals surface area contributed by atoms with Crippen molar-refractivity contribution >= 4 is 23.2 Å². The van der Waals surface area contributed by atoms with Gasteiger partial charge in [-0.05, 0) is 81.1 Å². The van der Waals surface area contributed by atoms with E-state index in [0.29, 0.717) is 11.6 Å². The highest BCUT2D eigenvalue weighted by Gasteiger charge is 2.20. The summed E-state index contributed by atoms with van der Waals surface area (Å²) in [5.74, 6) is 0.0114. The minimum atomic E-state index is 0.0114. The molecule has 0 spiro atoms. The van der Waals surface area contributed by atoms with Gasteiger partial charge in [-0.2, -0.15) is 0 Å². The molecule has 1 aliphatic rings. The summed E-state index contributed by atoms with van der Waals surface area (Å²) in [6.45, 7) is 15.4. The molecule has 0 bridgehead atoms. The largest absolute Gasteiger partial charge is 0.369 e. The fraction of sp³-hybridized carbons (Fsp3) is 0.433. The van der Waals surface area contributed by atoms with E-state index in [4.69, 9.17) is 11.6 Å². The van der Waals surface area contributed by atoms with Gasteiger partial charge in [-0.15, -0.1) is 0 Å². The Bertz CT molecular complexity index is 1180. The van der Waals surface area contributed by atoms with Crippen molar-refractivity contribution in [1.82, 2.24) is 14.8 Å². The van der Waals surface area contributed by atoms with Gasteiger partial charge < -0.3 is 14.8 Å². The summed E-state index contributed by atoms with van der Waals surface area (Å²) < 4.78 is 2.24. The molecule has 0 unspecified atom stereocenters. The van der Waals surface area contributed by atoms with Gasteiger partial charge in [-0.25, -0.2) is 0 Å². The third-order valence-corrected chi connectivity index (χ3v) is 7.68. The van der Waals surface area contributed by atoms with Crippen molar-refractivity contribution in [3.05, 3.63) is 75.9 Å². The zero-order valence-electron chi connectivity index (χ0n) is 22.1. The Labute approximate surface area is 221 Å². The normalized spacial score (nSPS) is 14.3. The standard InChI is InChI=1S/C30H39ClN4O/c1-5-15-35-24(4)27(21-29(35)25-10-12-26(31)13-11-25)30(36)32-14-7-16-33-17-19-34(20-18-33)28-9-6-8-22(2)23(28)3/h6,8-13,21H,5,7,14-20H2,1-4H3,(H,32,36). The SMILES string of the molecule is CCCn1c(-c2ccc(Cl)cc2)cc(C(=O)NCCCN2CCN(c3cccc(C)c3C)CC2)c1C. The van der Waals surface area contributed by atoms with Gasteiger partial charge in [-0.3, -0.25) is 9.69 Å². The molecule has 192 valence electrons. The number of hydrogen-bond donors (Lipinski definition) is 1. The zero-order chi connectivity index (χ0) is 25.7. The molecule has 1 aromatic heterocycles. The number of benzene rings is 2. The fourth-order valence-electron chi connectivity index (χ4n) is 5.14. The summed E-state index contributed by atoms with van der Waals surface area (Å²) in [7, 11) is 0. The van der Waals surface area contributed by atoms with Crippen LogP contribution in [0.25, 0.3) is 11.3 Å². The van der Waals surface area contributed by atoms with Crippen LogP contribution in [0.1, 0.15) is 46.9 Å². The number of carbonyl (C=O) groups excluding carboxylic acids is 1. The van der Waals surface area contributed by atoms with Crippen LogP contribution in [0, 0.1) is 20.8 Å². The van der Waals surface area contributed by atoms with Gasteiger partial charge in [0.1, 0.15) is 0 Å². The van der Waals surface area contributed by atoms with Crippen molar-refractivity contribution in [2.75, 3.05) is 44.2 Å². The highest BCUT2D eigenvalue weighted by molar-refractivity contribution is 6.30. The van der Waals surface area contributed by atoms with Crippen LogP contribution in [0.4, 0.5) is 5.69 Å². The van der Waals surface area contributed by atoms with E-state index < -0.39 is 0 Å². The Morgan fingerprint density at radius 2 is 1.69 bits per heavy atom. The van der Waals surface area contributed by atoms with Gasteiger partial charge in [0.2, 0.25) is 0 Å². The molecule has 1 fully saturated rings. The van der Waals surface area contributed by atoms with Gasteiger partial charge in [0.05, 0.1) is 5.56 Å². The molecule has 6 heteroatoms. The second-order valence-corrected chi connectivity index (χ2v) is 10.3. The van der Waals surface area contributed by atoms with Crippen molar-refractivity contribution in [1.29, 1.82) is 0 Å². The molecule has 1 amide bonds. The van der Waals surface area contributed by atoms with Gasteiger partial charge >= 0.3 is 0 Å². The third kappa shape index (κ3) is 5.96. The number of rotatable bonds is 9. The Morgan fingerprint density at radius 1 is 0.972 bits per heavy atom. The lowest BCUT2D eigenvalue weighted by molar-refractivity contribution is 0.0950. The number of aryl methyl sites for hydroxylation is 1. The molecule has 36 heavy (non-hydrogen) atoms. The lowest BCUT2D eigenvalue weighted by atomic mass is 10.1. The minimum absolute atomic E-state index is 0.0114. The van der Waals surface area contributed by atoms with E-state index >= 15 is 0 Å². The number of amides is 1. The number of hydrogen-bond acceptors (Lipinski definition) is 3. The lowest BCUT2D eigenvalue weighted by Gasteiger charge is -2.37. The monoisotopic (exact) mass is 506 g/mol. The van der Waals surface area contributed by atoms with E-state index in [2.05, 4.69) is 58.7 Å². The van der Waals surface area contributed by atoms with E-state index in [9.17, 15) is 4.79 Å². The van der Waals surface area contributed by atoms with E-state index in [1.165, 1.54) is 16.8 Å². The molecule has 0 atom stereocenters. The third-order valence-electron chi connectivity index (χ3n) is 7.42. The highest BCUT2D eigenvalue weighted by atomic mass is 35.5. The first-order chi connectivity index (χ1) is 17.4. The van der Waals surface area contributed by atoms with Crippen LogP contribution >= 0.6 is 11.6 Å². The van der Waals surface area contributed by atoms with Crippen LogP contribution in [0.3, 0.4) is 0 Å². The molecule has 0 aliphatic carbocycles. The number of carbonyl (C=O) groups is 1. The first-order valence-electron chi connectivity index (χ1n) is 13.2. The second kappa shape index (κ2) is 12.0. The van der Waals surface area contributed by atoms with Crippen molar-refractivity contribution in [3.63, 3.8) is 0 Å². The Morgan fingerprint density at radius 3 is 2.39 bits per heavy atom. The second-order valence-electron chi connectivity index (χ2n) is 9.84. The molecule has 2 aromatic carbocycles. The van der Waals surface area contributed by atoms with Crippen LogP contribution in [-0.4, -0.2) is 54.6 Å². The predicted octanol–water partition coefficient (Wildman–Crippen LogP) is 6.09. The molecule has 5 nitrogen and oxygen atoms in total. The van der Waals surface area contributed by atoms with Crippen LogP contribution in [0.15, 0.2) is 48.5 Å². The first-order valence-corrected chi connectivity index (χ1v) is 13.5. The molecule has 1 aliphatic heterocycles. The van der Waals surface area contributed by atoms with Crippen molar-refractivity contribution in [2.45, 2.75) is 47.1 Å². The maximum Gasteiger partial charge on any atom is 0.253 e. The molecule has 4 rings (SSSR count). The van der Waals surface area contributed by atoms with E-state index in [1.54, 1.807) is 0 Å². The molecular weight excluding hydrogens is 468 g/mol. The summed E-state index contributed by atoms with van der Waals surface area (Å²) in [5, 5.41) is 3.88. The van der Waals surface area contributed by atoms with Crippen molar-refractivity contribution in [2.24, 2.45) is 0 Å². The summed E-state index contributed by atoms with van der Waals surface area (Å²) >= 11 is 6.08. The smallest absolute Gasteiger partial charge is 0.253 e. The first kappa shape index (κ1) is 26.3. The quantitative estimate of drug-likeness (QED) is 0.357. The number of piperazine rings is 1. The van der Waals surface area contributed by atoms with E-state index in [-0.39, 0.29) is 5.91 Å². The van der Waals surface area contributed by atoms with E-state index in [1.807, 2.05) is 37.3 Å². The zero-order valence-corrected chi connectivity index (χ0v) is 22.9. The predicted molar refractivity (Wildman–Crippen MR) is 151 cm³/mol. The Kier molecular flexibility index (Phi) is 8.76. The van der Waals surface area contributed by atoms with Crippen LogP contribution in [-0.2, 0) is 6.54 Å². The van der Waals surface area contributed by atoms with Crippen LogP contribution in [0.2, 0.25) is 5.02 Å². The average Bonchev–Trinajstić information content (AvgIpc) is 3.20. The summed E-state index contributed by atoms with van der Waals surface area (Å²) in [4.78, 5) is 18.1. The van der Waals surface area contributed by atoms with Gasteiger partial charge in [0.15, 0.2) is 0 Å². The fourth-order valence-corrected chi connectivity index (χ4v) is 5.26. The molecule has 3 aromatic rings. The topological polar surface area (TPSA) is 40.5 Å². The van der Waals surface area contributed by atoms with Crippen LogP contribution < -0.4 is 10.2 Å². The van der Waals surface area contributed by atoms with Crippen molar-refractivity contribution in [3.8, 4) is 11.3 Å². The Balaban J connectivity index is 1.29. The number of anilines is 1. The number of nitrogens with one attached hydrogen (secondary N) is 1. The number of aromatic nitrogens is 1. The van der Waals surface area contributed by atoms with Crippen LogP contribution in [0.5, 0.6) is 0 Å². The summed E-state index contributed by atoms with van der Waals surface area (Å²) in [6, 6.07) is 16.4. The molecule has 1 saturated heterocycles. The summed E-state index contributed by atoms with van der Waals surface area (Å²) in [6.07, 6.45) is 1.96. The average molecular weight is 507 g/mol. The van der Waals surface area contributed by atoms with E-state index in [0.717, 1.165) is 74.6 Å². The molecular formula is C30H39ClN4O. The van der Waals surface area contributed by atoms with Gasteiger partial charge in [0, 0.05) is 61.4 Å². The maximum absolute atomic E-state index is 13.1. The number of nitrogens with zero attached hydrogens (tertiary/aromatic N) is 3. The summed E-state index contributed by atoms with van der Waals surface area (Å²) in [5.41, 5.74) is 8.03. The van der Waals surface area contributed by atoms with Gasteiger partial charge in [0.25, 0.3) is 5.91 Å². The Hall–Kier alpha value is -2.76. The lowest BCUT2D eigenvalue weighted by Crippen LogP contribution is -2.47. The number of halogens is 1. The molecule has 1 N–H and O–H groups in total. The maximum atomic E-state index is 13.1. The minimum Gasteiger partial charge on any atom is -0.369 e. The molecule has 2 heterocycles.